The molecule has 0 aliphatic carbocycles. The summed E-state index contributed by atoms with van der Waals surface area (Å²) >= 11 is 0. The first kappa shape index (κ1) is 12.3. The van der Waals surface area contributed by atoms with Gasteiger partial charge < -0.3 is 14.9 Å². The van der Waals surface area contributed by atoms with Gasteiger partial charge in [-0.3, -0.25) is 0 Å². The van der Waals surface area contributed by atoms with E-state index in [4.69, 9.17) is 9.84 Å². The van der Waals surface area contributed by atoms with Crippen molar-refractivity contribution >= 4 is 11.9 Å². The molecule has 1 aliphatic rings. The molecule has 1 unspecified atom stereocenters. The molecular formula is C13H12O5. The molecule has 1 aromatic rings. The summed E-state index contributed by atoms with van der Waals surface area (Å²) in [5, 5.41) is 18.2. The van der Waals surface area contributed by atoms with Gasteiger partial charge in [0.05, 0.1) is 17.7 Å². The highest BCUT2D eigenvalue weighted by molar-refractivity contribution is 6.03. The minimum absolute atomic E-state index is 0.208. The third-order valence-electron chi connectivity index (χ3n) is 2.86. The summed E-state index contributed by atoms with van der Waals surface area (Å²) in [6.45, 7) is 2.16. The van der Waals surface area contributed by atoms with Crippen LogP contribution < -0.4 is 0 Å². The van der Waals surface area contributed by atoms with Crippen LogP contribution in [0.2, 0.25) is 0 Å². The summed E-state index contributed by atoms with van der Waals surface area (Å²) in [7, 11) is 0. The lowest BCUT2D eigenvalue weighted by Gasteiger charge is -2.12. The van der Waals surface area contributed by atoms with E-state index in [1.165, 1.54) is 12.1 Å². The van der Waals surface area contributed by atoms with Crippen LogP contribution in [0.25, 0.3) is 0 Å². The Morgan fingerprint density at radius 1 is 1.33 bits per heavy atom. The van der Waals surface area contributed by atoms with E-state index < -0.39 is 17.5 Å². The Bertz CT molecular complexity index is 540. The highest BCUT2D eigenvalue weighted by Gasteiger charge is 2.47. The zero-order valence-corrected chi connectivity index (χ0v) is 9.71. The number of carboxylic acid groups (broad SMARTS) is 2. The van der Waals surface area contributed by atoms with Gasteiger partial charge in [0.25, 0.3) is 0 Å². The molecule has 2 rings (SSSR count). The minimum Gasteiger partial charge on any atom is -0.478 e. The van der Waals surface area contributed by atoms with Gasteiger partial charge in [0.15, 0.2) is 0 Å². The maximum absolute atomic E-state index is 11.3. The third-order valence-corrected chi connectivity index (χ3v) is 2.86. The minimum atomic E-state index is -1.26. The molecule has 0 saturated carbocycles. The smallest absolute Gasteiger partial charge is 0.336 e. The van der Waals surface area contributed by atoms with Crippen molar-refractivity contribution in [1.82, 2.24) is 0 Å². The number of rotatable bonds is 4. The lowest BCUT2D eigenvalue weighted by atomic mass is 9.91. The number of epoxide rings is 1. The van der Waals surface area contributed by atoms with Gasteiger partial charge in [0.2, 0.25) is 0 Å². The first-order valence-corrected chi connectivity index (χ1v) is 5.40. The SMILES string of the molecule is CC=CC1(c2cccc(C(=O)O)c2C(=O)O)CO1. The molecule has 2 N–H and O–H groups in total. The molecule has 0 radical (unpaired) electrons. The predicted molar refractivity (Wildman–Crippen MR) is 62.8 cm³/mol. The van der Waals surface area contributed by atoms with Crippen molar-refractivity contribution in [1.29, 1.82) is 0 Å². The number of ether oxygens (including phenoxy) is 1. The molecule has 1 aromatic carbocycles. The second kappa shape index (κ2) is 4.27. The maximum Gasteiger partial charge on any atom is 0.336 e. The Morgan fingerprint density at radius 3 is 2.44 bits per heavy atom. The van der Waals surface area contributed by atoms with Gasteiger partial charge >= 0.3 is 11.9 Å². The van der Waals surface area contributed by atoms with Gasteiger partial charge in [0, 0.05) is 5.56 Å². The number of benzene rings is 1. The summed E-state index contributed by atoms with van der Waals surface area (Å²) in [4.78, 5) is 22.3. The normalized spacial score (nSPS) is 22.1. The van der Waals surface area contributed by atoms with Gasteiger partial charge in [-0.1, -0.05) is 24.3 Å². The van der Waals surface area contributed by atoms with Gasteiger partial charge in [-0.25, -0.2) is 9.59 Å². The largest absolute Gasteiger partial charge is 0.478 e. The topological polar surface area (TPSA) is 87.1 Å². The molecule has 0 bridgehead atoms. The summed E-state index contributed by atoms with van der Waals surface area (Å²) < 4.78 is 5.31. The fourth-order valence-corrected chi connectivity index (χ4v) is 2.00. The molecular weight excluding hydrogens is 236 g/mol. The highest BCUT2D eigenvalue weighted by atomic mass is 16.6. The highest BCUT2D eigenvalue weighted by Crippen LogP contribution is 2.42. The molecule has 0 aromatic heterocycles. The predicted octanol–water partition coefficient (Wildman–Crippen LogP) is 1.88. The summed E-state index contributed by atoms with van der Waals surface area (Å²) in [6.07, 6.45) is 3.49. The molecule has 0 spiro atoms. The Morgan fingerprint density at radius 2 is 2.00 bits per heavy atom. The van der Waals surface area contributed by atoms with E-state index >= 15 is 0 Å². The van der Waals surface area contributed by atoms with Crippen molar-refractivity contribution in [3.8, 4) is 0 Å². The van der Waals surface area contributed by atoms with Crippen molar-refractivity contribution in [2.45, 2.75) is 12.5 Å². The van der Waals surface area contributed by atoms with Crippen LogP contribution in [0.15, 0.2) is 30.4 Å². The van der Waals surface area contributed by atoms with Crippen LogP contribution in [0.4, 0.5) is 0 Å². The molecule has 0 amide bonds. The average molecular weight is 248 g/mol. The maximum atomic E-state index is 11.3. The van der Waals surface area contributed by atoms with E-state index in [1.54, 1.807) is 25.1 Å². The molecule has 1 saturated heterocycles. The quantitative estimate of drug-likeness (QED) is 0.627. The Labute approximate surface area is 103 Å². The van der Waals surface area contributed by atoms with E-state index in [2.05, 4.69) is 0 Å². The molecule has 5 heteroatoms. The van der Waals surface area contributed by atoms with Gasteiger partial charge in [0.1, 0.15) is 5.60 Å². The number of hydrogen-bond acceptors (Lipinski definition) is 3. The molecule has 5 nitrogen and oxygen atoms in total. The molecule has 1 heterocycles. The number of hydrogen-bond donors (Lipinski definition) is 2. The molecule has 94 valence electrons. The van der Waals surface area contributed by atoms with Crippen molar-refractivity contribution < 1.29 is 24.5 Å². The fraction of sp³-hybridized carbons (Fsp3) is 0.231. The average Bonchev–Trinajstić information content (AvgIpc) is 3.09. The van der Waals surface area contributed by atoms with E-state index in [-0.39, 0.29) is 11.1 Å². The van der Waals surface area contributed by atoms with Gasteiger partial charge in [-0.05, 0) is 13.0 Å². The molecule has 1 fully saturated rings. The van der Waals surface area contributed by atoms with Crippen molar-refractivity contribution in [2.24, 2.45) is 0 Å². The van der Waals surface area contributed by atoms with E-state index in [0.717, 1.165) is 0 Å². The molecule has 18 heavy (non-hydrogen) atoms. The van der Waals surface area contributed by atoms with Crippen molar-refractivity contribution in [2.75, 3.05) is 6.61 Å². The summed E-state index contributed by atoms with van der Waals surface area (Å²) in [5.74, 6) is -2.52. The fourth-order valence-electron chi connectivity index (χ4n) is 2.00. The Kier molecular flexibility index (Phi) is 2.92. The van der Waals surface area contributed by atoms with Crippen LogP contribution in [-0.2, 0) is 10.3 Å². The van der Waals surface area contributed by atoms with Gasteiger partial charge in [-0.15, -0.1) is 0 Å². The van der Waals surface area contributed by atoms with Gasteiger partial charge in [-0.2, -0.15) is 0 Å². The van der Waals surface area contributed by atoms with Crippen molar-refractivity contribution in [3.05, 3.63) is 47.0 Å². The van der Waals surface area contributed by atoms with Crippen molar-refractivity contribution in [3.63, 3.8) is 0 Å². The van der Waals surface area contributed by atoms with Crippen LogP contribution in [0.5, 0.6) is 0 Å². The van der Waals surface area contributed by atoms with E-state index in [0.29, 0.717) is 12.2 Å². The lowest BCUT2D eigenvalue weighted by Crippen LogP contribution is -2.17. The summed E-state index contributed by atoms with van der Waals surface area (Å²) in [6, 6.07) is 4.39. The Balaban J connectivity index is 2.65. The lowest BCUT2D eigenvalue weighted by molar-refractivity contribution is 0.0649. The molecule has 1 aliphatic heterocycles. The first-order chi connectivity index (χ1) is 8.52. The van der Waals surface area contributed by atoms with E-state index in [1.807, 2.05) is 0 Å². The van der Waals surface area contributed by atoms with Crippen LogP contribution in [0.3, 0.4) is 0 Å². The number of carbonyl (C=O) groups is 2. The third kappa shape index (κ3) is 1.89. The van der Waals surface area contributed by atoms with Crippen LogP contribution in [0.1, 0.15) is 33.2 Å². The number of carboxylic acids is 2. The van der Waals surface area contributed by atoms with Crippen LogP contribution in [0, 0.1) is 0 Å². The number of allylic oxidation sites excluding steroid dienone is 1. The van der Waals surface area contributed by atoms with Crippen LogP contribution in [-0.4, -0.2) is 28.8 Å². The second-order valence-corrected chi connectivity index (χ2v) is 4.02. The molecule has 1 atom stereocenters. The second-order valence-electron chi connectivity index (χ2n) is 4.02. The standard InChI is InChI=1S/C13H12O5/c1-2-6-13(7-18-13)9-5-3-4-8(11(14)15)10(9)12(16)17/h2-6H,7H2,1H3,(H,14,15)(H,16,17). The van der Waals surface area contributed by atoms with Crippen LogP contribution >= 0.6 is 0 Å². The first-order valence-electron chi connectivity index (χ1n) is 5.40. The zero-order valence-electron chi connectivity index (χ0n) is 9.71. The Hall–Kier alpha value is -2.14. The van der Waals surface area contributed by atoms with E-state index in [9.17, 15) is 14.7 Å². The monoisotopic (exact) mass is 248 g/mol. The number of aromatic carboxylic acids is 2. The summed E-state index contributed by atoms with van der Waals surface area (Å²) in [5.41, 5.74) is -0.832. The zero-order chi connectivity index (χ0) is 13.3.